The standard InChI is InChI=1S/C8H6Cl2F4OS2/c1-2-15-4-3-16-5(7(9,11)12)6(17-4)8(10,13)14/h3H,2H2,1H3. The van der Waals surface area contributed by atoms with Gasteiger partial charge in [-0.05, 0) is 41.9 Å². The zero-order chi connectivity index (χ0) is 13.3. The molecule has 98 valence electrons. The summed E-state index contributed by atoms with van der Waals surface area (Å²) >= 11 is 10.3. The molecule has 9 heteroatoms. The molecular weight excluding hydrogens is 323 g/mol. The van der Waals surface area contributed by atoms with E-state index in [4.69, 9.17) is 27.9 Å². The van der Waals surface area contributed by atoms with Gasteiger partial charge in [-0.3, -0.25) is 0 Å². The smallest absolute Gasteiger partial charge is 0.355 e. The molecule has 0 saturated carbocycles. The second-order valence-corrected chi connectivity index (χ2v) is 5.59. The molecule has 1 aliphatic rings. The lowest BCUT2D eigenvalue weighted by Crippen LogP contribution is -2.19. The first-order chi connectivity index (χ1) is 7.66. The van der Waals surface area contributed by atoms with Crippen LogP contribution in [0.2, 0.25) is 0 Å². The van der Waals surface area contributed by atoms with E-state index < -0.39 is 20.6 Å². The Morgan fingerprint density at radius 3 is 2.12 bits per heavy atom. The molecule has 0 amide bonds. The van der Waals surface area contributed by atoms with Crippen molar-refractivity contribution in [3.63, 3.8) is 0 Å². The van der Waals surface area contributed by atoms with E-state index in [1.54, 1.807) is 6.92 Å². The van der Waals surface area contributed by atoms with Gasteiger partial charge in [0.1, 0.15) is 0 Å². The van der Waals surface area contributed by atoms with E-state index >= 15 is 0 Å². The molecule has 0 aliphatic carbocycles. The number of alkyl halides is 6. The van der Waals surface area contributed by atoms with E-state index in [1.807, 2.05) is 0 Å². The van der Waals surface area contributed by atoms with Gasteiger partial charge in [0, 0.05) is 5.41 Å². The summed E-state index contributed by atoms with van der Waals surface area (Å²) in [5, 5.41) is -6.54. The lowest BCUT2D eigenvalue weighted by Gasteiger charge is -2.24. The van der Waals surface area contributed by atoms with Crippen molar-refractivity contribution in [2.24, 2.45) is 0 Å². The summed E-state index contributed by atoms with van der Waals surface area (Å²) in [6, 6.07) is 0. The number of hydrogen-bond acceptors (Lipinski definition) is 3. The minimum atomic E-state index is -3.91. The van der Waals surface area contributed by atoms with Gasteiger partial charge in [-0.2, -0.15) is 17.6 Å². The first-order valence-corrected chi connectivity index (χ1v) is 6.67. The summed E-state index contributed by atoms with van der Waals surface area (Å²) in [7, 11) is 0. The zero-order valence-electron chi connectivity index (χ0n) is 8.28. The molecule has 0 radical (unpaired) electrons. The van der Waals surface area contributed by atoms with Crippen LogP contribution in [0.15, 0.2) is 20.3 Å². The van der Waals surface area contributed by atoms with Crippen LogP contribution >= 0.6 is 46.7 Å². The summed E-state index contributed by atoms with van der Waals surface area (Å²) in [6.45, 7) is 1.87. The minimum Gasteiger partial charge on any atom is -0.487 e. The van der Waals surface area contributed by atoms with Gasteiger partial charge in [0.05, 0.1) is 16.4 Å². The van der Waals surface area contributed by atoms with E-state index in [0.29, 0.717) is 23.5 Å². The molecule has 1 rings (SSSR count). The average molecular weight is 329 g/mol. The number of thioether (sulfide) groups is 2. The Kier molecular flexibility index (Phi) is 4.97. The van der Waals surface area contributed by atoms with Crippen LogP contribution in [0.5, 0.6) is 0 Å². The fraction of sp³-hybridized carbons (Fsp3) is 0.500. The maximum Gasteiger partial charge on any atom is 0.355 e. The molecule has 0 aromatic carbocycles. The minimum absolute atomic E-state index is 0.0810. The molecule has 17 heavy (non-hydrogen) atoms. The summed E-state index contributed by atoms with van der Waals surface area (Å²) < 4.78 is 56.8. The Labute approximate surface area is 114 Å². The Bertz CT molecular complexity index is 360. The number of halogens is 6. The first-order valence-electron chi connectivity index (χ1n) is 4.22. The van der Waals surface area contributed by atoms with Crippen LogP contribution in [0.4, 0.5) is 17.6 Å². The topological polar surface area (TPSA) is 9.23 Å². The van der Waals surface area contributed by atoms with Crippen LogP contribution < -0.4 is 0 Å². The lowest BCUT2D eigenvalue weighted by atomic mass is 10.5. The normalized spacial score (nSPS) is 18.2. The van der Waals surface area contributed by atoms with E-state index in [0.717, 1.165) is 0 Å². The van der Waals surface area contributed by atoms with Gasteiger partial charge in [-0.25, -0.2) is 0 Å². The molecule has 0 bridgehead atoms. The van der Waals surface area contributed by atoms with E-state index in [-0.39, 0.29) is 11.7 Å². The zero-order valence-corrected chi connectivity index (χ0v) is 11.4. The maximum absolute atomic E-state index is 13.0. The van der Waals surface area contributed by atoms with Crippen molar-refractivity contribution >= 4 is 46.7 Å². The highest BCUT2D eigenvalue weighted by Crippen LogP contribution is 2.54. The summed E-state index contributed by atoms with van der Waals surface area (Å²) in [4.78, 5) is -1.98. The quantitative estimate of drug-likeness (QED) is 0.520. The van der Waals surface area contributed by atoms with Crippen LogP contribution in [-0.2, 0) is 4.74 Å². The molecule has 0 aromatic rings. The molecule has 0 N–H and O–H groups in total. The molecule has 0 aromatic heterocycles. The molecule has 0 saturated heterocycles. The Morgan fingerprint density at radius 2 is 1.71 bits per heavy atom. The lowest BCUT2D eigenvalue weighted by molar-refractivity contribution is 0.126. The van der Waals surface area contributed by atoms with Gasteiger partial charge in [0.25, 0.3) is 0 Å². The fourth-order valence-corrected chi connectivity index (χ4v) is 3.44. The third-order valence-corrected chi connectivity index (χ3v) is 4.49. The van der Waals surface area contributed by atoms with Crippen LogP contribution in [0.1, 0.15) is 6.92 Å². The predicted molar refractivity (Wildman–Crippen MR) is 63.5 cm³/mol. The van der Waals surface area contributed by atoms with Crippen LogP contribution in [0, 0.1) is 0 Å². The average Bonchev–Trinajstić information content (AvgIpc) is 2.15. The van der Waals surface area contributed by atoms with Crippen molar-refractivity contribution < 1.29 is 22.3 Å². The summed E-state index contributed by atoms with van der Waals surface area (Å²) in [5.41, 5.74) is 0. The highest BCUT2D eigenvalue weighted by atomic mass is 35.5. The van der Waals surface area contributed by atoms with Crippen LogP contribution in [0.25, 0.3) is 0 Å². The number of hydrogen-bond donors (Lipinski definition) is 0. The Hall–Kier alpha value is 0.280. The number of ether oxygens (including phenoxy) is 1. The van der Waals surface area contributed by atoms with Gasteiger partial charge >= 0.3 is 10.8 Å². The molecule has 1 aliphatic heterocycles. The molecule has 0 spiro atoms. The summed E-state index contributed by atoms with van der Waals surface area (Å²) in [5.74, 6) is 0. The highest BCUT2D eigenvalue weighted by Gasteiger charge is 2.45. The van der Waals surface area contributed by atoms with Crippen molar-refractivity contribution in [1.82, 2.24) is 0 Å². The van der Waals surface area contributed by atoms with E-state index in [9.17, 15) is 17.6 Å². The second-order valence-electron chi connectivity index (χ2n) is 2.74. The van der Waals surface area contributed by atoms with Crippen LogP contribution in [0.3, 0.4) is 0 Å². The second kappa shape index (κ2) is 5.50. The third-order valence-electron chi connectivity index (χ3n) is 1.48. The largest absolute Gasteiger partial charge is 0.487 e. The number of allylic oxidation sites excluding steroid dienone is 2. The highest BCUT2D eigenvalue weighted by molar-refractivity contribution is 8.13. The number of rotatable bonds is 4. The fourth-order valence-electron chi connectivity index (χ4n) is 0.919. The van der Waals surface area contributed by atoms with E-state index in [1.165, 1.54) is 5.41 Å². The molecule has 1 heterocycles. The Morgan fingerprint density at radius 1 is 1.18 bits per heavy atom. The monoisotopic (exact) mass is 328 g/mol. The van der Waals surface area contributed by atoms with Gasteiger partial charge in [0.15, 0.2) is 5.09 Å². The Balaban J connectivity index is 3.06. The van der Waals surface area contributed by atoms with Crippen LogP contribution in [-0.4, -0.2) is 17.4 Å². The molecule has 0 unspecified atom stereocenters. The van der Waals surface area contributed by atoms with Gasteiger partial charge in [-0.1, -0.05) is 11.8 Å². The SMILES string of the molecule is CCOC1=CSC(C(F)(F)Cl)=C(C(F)(F)Cl)S1. The van der Waals surface area contributed by atoms with Crippen molar-refractivity contribution in [1.29, 1.82) is 0 Å². The van der Waals surface area contributed by atoms with Gasteiger partial charge in [-0.15, -0.1) is 0 Å². The molecule has 0 fully saturated rings. The van der Waals surface area contributed by atoms with Gasteiger partial charge < -0.3 is 4.74 Å². The van der Waals surface area contributed by atoms with Crippen molar-refractivity contribution in [3.8, 4) is 0 Å². The predicted octanol–water partition coefficient (Wildman–Crippen LogP) is 5.18. The molecular formula is C8H6Cl2F4OS2. The molecule has 1 nitrogen and oxygen atoms in total. The van der Waals surface area contributed by atoms with E-state index in [2.05, 4.69) is 0 Å². The maximum atomic E-state index is 13.0. The first kappa shape index (κ1) is 15.3. The summed E-state index contributed by atoms with van der Waals surface area (Å²) in [6.07, 6.45) is 0. The van der Waals surface area contributed by atoms with Crippen molar-refractivity contribution in [2.75, 3.05) is 6.61 Å². The van der Waals surface area contributed by atoms with Crippen molar-refractivity contribution in [2.45, 2.75) is 17.7 Å². The van der Waals surface area contributed by atoms with Crippen molar-refractivity contribution in [3.05, 3.63) is 20.3 Å². The molecule has 0 atom stereocenters. The van der Waals surface area contributed by atoms with Gasteiger partial charge in [0.2, 0.25) is 0 Å². The third kappa shape index (κ3) is 4.15.